The van der Waals surface area contributed by atoms with Crippen molar-refractivity contribution < 1.29 is 26.7 Å². The number of alkyl halides is 3. The zero-order valence-electron chi connectivity index (χ0n) is 6.77. The molecule has 0 aromatic carbocycles. The molecule has 0 unspecified atom stereocenters. The van der Waals surface area contributed by atoms with Crippen LogP contribution in [0.4, 0.5) is 22.0 Å². The topological polar surface area (TPSA) is 45.9 Å². The molecule has 0 bridgehead atoms. The zero-order valence-corrected chi connectivity index (χ0v) is 6.77. The van der Waals surface area contributed by atoms with E-state index < -0.39 is 29.4 Å². The van der Waals surface area contributed by atoms with Gasteiger partial charge in [0.25, 0.3) is 0 Å². The summed E-state index contributed by atoms with van der Waals surface area (Å²) >= 11 is 0. The summed E-state index contributed by atoms with van der Waals surface area (Å²) in [5.41, 5.74) is -0.943. The maximum absolute atomic E-state index is 12.8. The Bertz CT molecular complexity index is 423. The van der Waals surface area contributed by atoms with E-state index >= 15 is 0 Å². The van der Waals surface area contributed by atoms with Gasteiger partial charge in [-0.1, -0.05) is 0 Å². The zero-order chi connectivity index (χ0) is 11.6. The van der Waals surface area contributed by atoms with Gasteiger partial charge >= 0.3 is 6.36 Å². The minimum absolute atomic E-state index is 0.282. The van der Waals surface area contributed by atoms with Crippen LogP contribution in [-0.2, 0) is 0 Å². The van der Waals surface area contributed by atoms with E-state index in [4.69, 9.17) is 5.26 Å². The van der Waals surface area contributed by atoms with Crippen LogP contribution in [0, 0.1) is 23.0 Å². The largest absolute Gasteiger partial charge is 0.573 e. The normalized spacial score (nSPS) is 10.9. The van der Waals surface area contributed by atoms with Crippen molar-refractivity contribution in [1.29, 1.82) is 5.26 Å². The first-order valence-corrected chi connectivity index (χ1v) is 3.35. The van der Waals surface area contributed by atoms with Crippen molar-refractivity contribution in [2.24, 2.45) is 0 Å². The van der Waals surface area contributed by atoms with Gasteiger partial charge in [-0.05, 0) is 0 Å². The van der Waals surface area contributed by atoms with E-state index in [1.807, 2.05) is 0 Å². The summed E-state index contributed by atoms with van der Waals surface area (Å²) in [6.45, 7) is 0. The first kappa shape index (κ1) is 11.2. The van der Waals surface area contributed by atoms with Gasteiger partial charge in [0, 0.05) is 0 Å². The van der Waals surface area contributed by atoms with Crippen molar-refractivity contribution in [3.05, 3.63) is 23.5 Å². The van der Waals surface area contributed by atoms with Crippen LogP contribution in [0.1, 0.15) is 5.69 Å². The highest BCUT2D eigenvalue weighted by molar-refractivity contribution is 5.30. The van der Waals surface area contributed by atoms with Gasteiger partial charge in [0.15, 0.2) is 17.3 Å². The average molecular weight is 224 g/mol. The van der Waals surface area contributed by atoms with E-state index in [2.05, 4.69) is 9.72 Å². The van der Waals surface area contributed by atoms with Gasteiger partial charge in [-0.15, -0.1) is 13.2 Å². The standard InChI is InChI=1S/C7HF5N2O/c8-5-3(1-13)14-2-4(6(5)9)15-7(10,11)12/h2H. The number of nitrogens with zero attached hydrogens (tertiary/aromatic N) is 2. The second-order valence-electron chi connectivity index (χ2n) is 2.26. The number of rotatable bonds is 1. The van der Waals surface area contributed by atoms with Crippen LogP contribution < -0.4 is 4.74 Å². The quantitative estimate of drug-likeness (QED) is 0.686. The van der Waals surface area contributed by atoms with Crippen molar-refractivity contribution in [3.8, 4) is 11.8 Å². The number of halogens is 5. The minimum Gasteiger partial charge on any atom is -0.401 e. The lowest BCUT2D eigenvalue weighted by atomic mass is 10.3. The Balaban J connectivity index is 3.14. The minimum atomic E-state index is -5.15. The molecule has 0 fully saturated rings. The van der Waals surface area contributed by atoms with E-state index in [1.165, 1.54) is 0 Å². The van der Waals surface area contributed by atoms with Crippen LogP contribution in [-0.4, -0.2) is 11.3 Å². The number of ether oxygens (including phenoxy) is 1. The molecule has 80 valence electrons. The van der Waals surface area contributed by atoms with Gasteiger partial charge in [0.1, 0.15) is 6.07 Å². The third kappa shape index (κ3) is 2.52. The number of nitriles is 1. The van der Waals surface area contributed by atoms with E-state index in [0.29, 0.717) is 0 Å². The third-order valence-corrected chi connectivity index (χ3v) is 1.26. The van der Waals surface area contributed by atoms with Gasteiger partial charge in [-0.25, -0.2) is 9.37 Å². The molecule has 0 aliphatic heterocycles. The van der Waals surface area contributed by atoms with Crippen LogP contribution >= 0.6 is 0 Å². The first-order chi connectivity index (χ1) is 6.85. The van der Waals surface area contributed by atoms with Crippen molar-refractivity contribution in [3.63, 3.8) is 0 Å². The summed E-state index contributed by atoms with van der Waals surface area (Å²) in [7, 11) is 0. The summed E-state index contributed by atoms with van der Waals surface area (Å²) < 4.78 is 63.5. The number of aromatic nitrogens is 1. The Labute approximate surface area is 79.7 Å². The first-order valence-electron chi connectivity index (χ1n) is 3.35. The van der Waals surface area contributed by atoms with Gasteiger partial charge in [0.2, 0.25) is 5.82 Å². The van der Waals surface area contributed by atoms with Gasteiger partial charge < -0.3 is 4.74 Å². The molecule has 1 heterocycles. The smallest absolute Gasteiger partial charge is 0.401 e. The third-order valence-electron chi connectivity index (χ3n) is 1.26. The van der Waals surface area contributed by atoms with Crippen molar-refractivity contribution in [2.45, 2.75) is 6.36 Å². The molecule has 3 nitrogen and oxygen atoms in total. The Morgan fingerprint density at radius 1 is 1.27 bits per heavy atom. The fraction of sp³-hybridized carbons (Fsp3) is 0.143. The molecule has 0 saturated heterocycles. The number of pyridine rings is 1. The highest BCUT2D eigenvalue weighted by atomic mass is 19.4. The maximum atomic E-state index is 12.8. The second-order valence-corrected chi connectivity index (χ2v) is 2.26. The molecule has 0 atom stereocenters. The molecule has 0 amide bonds. The number of hydrogen-bond acceptors (Lipinski definition) is 3. The van der Waals surface area contributed by atoms with Gasteiger partial charge in [0.05, 0.1) is 6.20 Å². The second kappa shape index (κ2) is 3.68. The molecule has 1 aromatic heterocycles. The van der Waals surface area contributed by atoms with Crippen LogP contribution in [0.25, 0.3) is 0 Å². The lowest BCUT2D eigenvalue weighted by molar-refractivity contribution is -0.275. The molecule has 0 aliphatic carbocycles. The predicted octanol–water partition coefficient (Wildman–Crippen LogP) is 2.13. The molecular formula is C7HF5N2O. The molecule has 0 aliphatic rings. The van der Waals surface area contributed by atoms with Crippen LogP contribution in [0.2, 0.25) is 0 Å². The van der Waals surface area contributed by atoms with E-state index in [-0.39, 0.29) is 6.20 Å². The van der Waals surface area contributed by atoms with Gasteiger partial charge in [-0.3, -0.25) is 0 Å². The molecule has 0 spiro atoms. The highest BCUT2D eigenvalue weighted by Gasteiger charge is 2.33. The maximum Gasteiger partial charge on any atom is 0.573 e. The Morgan fingerprint density at radius 2 is 1.87 bits per heavy atom. The van der Waals surface area contributed by atoms with E-state index in [0.717, 1.165) is 6.07 Å². The van der Waals surface area contributed by atoms with Gasteiger partial charge in [-0.2, -0.15) is 9.65 Å². The molecule has 8 heteroatoms. The Hall–Kier alpha value is -1.91. The fourth-order valence-corrected chi connectivity index (χ4v) is 0.722. The predicted molar refractivity (Wildman–Crippen MR) is 35.6 cm³/mol. The highest BCUT2D eigenvalue weighted by Crippen LogP contribution is 2.26. The van der Waals surface area contributed by atoms with E-state index in [9.17, 15) is 22.0 Å². The molecule has 0 radical (unpaired) electrons. The molecule has 1 rings (SSSR count). The summed E-state index contributed by atoms with van der Waals surface area (Å²) in [6, 6.07) is 1.16. The Kier molecular flexibility index (Phi) is 2.74. The summed E-state index contributed by atoms with van der Waals surface area (Å²) in [6.07, 6.45) is -4.87. The fourth-order valence-electron chi connectivity index (χ4n) is 0.722. The lowest BCUT2D eigenvalue weighted by Crippen LogP contribution is -2.18. The molecular weight excluding hydrogens is 223 g/mol. The SMILES string of the molecule is N#Cc1ncc(OC(F)(F)F)c(F)c1F. The van der Waals surface area contributed by atoms with Crippen molar-refractivity contribution >= 4 is 0 Å². The molecule has 15 heavy (non-hydrogen) atoms. The monoisotopic (exact) mass is 224 g/mol. The van der Waals surface area contributed by atoms with Crippen molar-refractivity contribution in [1.82, 2.24) is 4.98 Å². The Morgan fingerprint density at radius 3 is 2.33 bits per heavy atom. The number of hydrogen-bond donors (Lipinski definition) is 0. The average Bonchev–Trinajstić information content (AvgIpc) is 2.11. The van der Waals surface area contributed by atoms with E-state index in [1.54, 1.807) is 0 Å². The summed E-state index contributed by atoms with van der Waals surface area (Å²) in [5.74, 6) is -5.10. The molecule has 1 aromatic rings. The lowest BCUT2D eigenvalue weighted by Gasteiger charge is -2.09. The van der Waals surface area contributed by atoms with Crippen LogP contribution in [0.5, 0.6) is 5.75 Å². The molecule has 0 saturated carbocycles. The van der Waals surface area contributed by atoms with Crippen molar-refractivity contribution in [2.75, 3.05) is 0 Å². The van der Waals surface area contributed by atoms with Crippen LogP contribution in [0.3, 0.4) is 0 Å². The summed E-state index contributed by atoms with van der Waals surface area (Å²) in [4.78, 5) is 2.94. The molecule has 0 N–H and O–H groups in total. The van der Waals surface area contributed by atoms with Crippen LogP contribution in [0.15, 0.2) is 6.20 Å². The summed E-state index contributed by atoms with van der Waals surface area (Å²) in [5, 5.41) is 8.18.